The van der Waals surface area contributed by atoms with Gasteiger partial charge in [0.15, 0.2) is 0 Å². The highest BCUT2D eigenvalue weighted by Gasteiger charge is 2.22. The number of urea groups is 1. The van der Waals surface area contributed by atoms with Gasteiger partial charge in [0.05, 0.1) is 6.54 Å². The number of rotatable bonds is 5. The molecule has 1 aromatic rings. The Kier molecular flexibility index (Phi) is 7.40. The molecule has 8 nitrogen and oxygen atoms in total. The molecule has 1 aliphatic rings. The lowest BCUT2D eigenvalue weighted by Gasteiger charge is -2.34. The number of carbonyl (C=O) groups excluding carboxylic acids is 3. The highest BCUT2D eigenvalue weighted by molar-refractivity contribution is 5.95. The molecule has 3 N–H and O–H groups in total. The Bertz CT molecular complexity index is 624. The predicted octanol–water partition coefficient (Wildman–Crippen LogP) is 0.493. The fraction of sp³-hybridized carbons (Fsp3) is 0.500. The van der Waals surface area contributed by atoms with Gasteiger partial charge in [-0.2, -0.15) is 0 Å². The van der Waals surface area contributed by atoms with Crippen LogP contribution < -0.4 is 16.2 Å². The molecule has 0 aliphatic carbocycles. The molecule has 0 aromatic heterocycles. The first kappa shape index (κ1) is 19.7. The summed E-state index contributed by atoms with van der Waals surface area (Å²) >= 11 is 0. The zero-order valence-electron chi connectivity index (χ0n) is 15.4. The molecule has 0 saturated carbocycles. The molecule has 0 radical (unpaired) electrons. The number of hydrogen-bond acceptors (Lipinski definition) is 4. The lowest BCUT2D eigenvalue weighted by molar-refractivity contribution is -0.122. The van der Waals surface area contributed by atoms with Crippen molar-refractivity contribution in [3.05, 3.63) is 35.4 Å². The Hall–Kier alpha value is -2.61. The fourth-order valence-corrected chi connectivity index (χ4v) is 2.60. The zero-order valence-corrected chi connectivity index (χ0v) is 15.4. The van der Waals surface area contributed by atoms with Gasteiger partial charge in [0.1, 0.15) is 0 Å². The van der Waals surface area contributed by atoms with Crippen LogP contribution in [0.15, 0.2) is 24.3 Å². The van der Waals surface area contributed by atoms with Gasteiger partial charge in [0, 0.05) is 38.3 Å². The number of aryl methyl sites for hydroxylation is 1. The van der Waals surface area contributed by atoms with Crippen LogP contribution >= 0.6 is 0 Å². The average Bonchev–Trinajstić information content (AvgIpc) is 2.65. The standard InChI is InChI=1S/C18H27N5O3/c1-3-8-19-16(24)13-22-9-11-23(12-10-22)18(26)21-20-17(25)15-6-4-14(2)5-7-15/h4-7H,3,8-13H2,1-2H3,(H,19,24)(H,20,25)(H,21,26). The molecule has 2 rings (SSSR count). The molecule has 1 aromatic carbocycles. The second-order valence-electron chi connectivity index (χ2n) is 6.36. The second kappa shape index (κ2) is 9.76. The van der Waals surface area contributed by atoms with Crippen molar-refractivity contribution >= 4 is 17.8 Å². The quantitative estimate of drug-likeness (QED) is 0.666. The Labute approximate surface area is 153 Å². The number of amides is 4. The van der Waals surface area contributed by atoms with Crippen molar-refractivity contribution < 1.29 is 14.4 Å². The third kappa shape index (κ3) is 6.03. The summed E-state index contributed by atoms with van der Waals surface area (Å²) in [5.41, 5.74) is 6.41. The van der Waals surface area contributed by atoms with Gasteiger partial charge in [-0.1, -0.05) is 24.6 Å². The number of hydrogen-bond donors (Lipinski definition) is 3. The summed E-state index contributed by atoms with van der Waals surface area (Å²) in [5.74, 6) is -0.348. The summed E-state index contributed by atoms with van der Waals surface area (Å²) in [6.07, 6.45) is 0.911. The van der Waals surface area contributed by atoms with Crippen molar-refractivity contribution in [3.63, 3.8) is 0 Å². The van der Waals surface area contributed by atoms with Crippen LogP contribution in [0.4, 0.5) is 4.79 Å². The van der Waals surface area contributed by atoms with E-state index in [1.165, 1.54) is 0 Å². The molecular formula is C18H27N5O3. The smallest absolute Gasteiger partial charge is 0.336 e. The predicted molar refractivity (Wildman–Crippen MR) is 98.5 cm³/mol. The van der Waals surface area contributed by atoms with Crippen LogP contribution in [0.5, 0.6) is 0 Å². The molecular weight excluding hydrogens is 334 g/mol. The molecule has 1 fully saturated rings. The molecule has 26 heavy (non-hydrogen) atoms. The molecule has 0 spiro atoms. The van der Waals surface area contributed by atoms with E-state index in [9.17, 15) is 14.4 Å². The third-order valence-electron chi connectivity index (χ3n) is 4.20. The van der Waals surface area contributed by atoms with E-state index in [0.29, 0.717) is 44.8 Å². The van der Waals surface area contributed by atoms with E-state index in [1.807, 2.05) is 30.9 Å². The van der Waals surface area contributed by atoms with Gasteiger partial charge >= 0.3 is 6.03 Å². The topological polar surface area (TPSA) is 93.8 Å². The van der Waals surface area contributed by atoms with Gasteiger partial charge in [-0.25, -0.2) is 10.2 Å². The van der Waals surface area contributed by atoms with E-state index in [2.05, 4.69) is 16.2 Å². The summed E-state index contributed by atoms with van der Waals surface area (Å²) in [6, 6.07) is 6.75. The first-order valence-electron chi connectivity index (χ1n) is 8.90. The van der Waals surface area contributed by atoms with Gasteiger partial charge in [0.25, 0.3) is 5.91 Å². The van der Waals surface area contributed by atoms with E-state index in [-0.39, 0.29) is 17.8 Å². The number of nitrogens with one attached hydrogen (secondary N) is 3. The summed E-state index contributed by atoms with van der Waals surface area (Å²) in [7, 11) is 0. The normalized spacial score (nSPS) is 14.6. The molecule has 142 valence electrons. The van der Waals surface area contributed by atoms with E-state index in [0.717, 1.165) is 12.0 Å². The first-order chi connectivity index (χ1) is 12.5. The molecule has 1 heterocycles. The van der Waals surface area contributed by atoms with Crippen LogP contribution in [0.2, 0.25) is 0 Å². The van der Waals surface area contributed by atoms with E-state index < -0.39 is 0 Å². The van der Waals surface area contributed by atoms with E-state index >= 15 is 0 Å². The van der Waals surface area contributed by atoms with Gasteiger partial charge in [-0.3, -0.25) is 19.9 Å². The lowest BCUT2D eigenvalue weighted by Crippen LogP contribution is -2.56. The fourth-order valence-electron chi connectivity index (χ4n) is 2.60. The highest BCUT2D eigenvalue weighted by atomic mass is 16.2. The van der Waals surface area contributed by atoms with Crippen molar-refractivity contribution in [2.24, 2.45) is 0 Å². The molecule has 0 bridgehead atoms. The number of hydrazine groups is 1. The lowest BCUT2D eigenvalue weighted by atomic mass is 10.1. The maximum absolute atomic E-state index is 12.2. The van der Waals surface area contributed by atoms with Crippen LogP contribution in [-0.4, -0.2) is 66.9 Å². The molecule has 0 atom stereocenters. The van der Waals surface area contributed by atoms with Crippen LogP contribution in [0, 0.1) is 6.92 Å². The number of carbonyl (C=O) groups is 3. The van der Waals surface area contributed by atoms with Crippen LogP contribution in [-0.2, 0) is 4.79 Å². The molecule has 1 aliphatic heterocycles. The molecule has 8 heteroatoms. The van der Waals surface area contributed by atoms with Crippen molar-refractivity contribution in [2.75, 3.05) is 39.3 Å². The first-order valence-corrected chi connectivity index (χ1v) is 8.90. The Morgan fingerprint density at radius 1 is 1.00 bits per heavy atom. The van der Waals surface area contributed by atoms with Crippen LogP contribution in [0.3, 0.4) is 0 Å². The minimum absolute atomic E-state index is 0.00936. The number of benzene rings is 1. The summed E-state index contributed by atoms with van der Waals surface area (Å²) in [6.45, 7) is 7.24. The van der Waals surface area contributed by atoms with Crippen LogP contribution in [0.1, 0.15) is 29.3 Å². The maximum Gasteiger partial charge on any atom is 0.336 e. The maximum atomic E-state index is 12.2. The van der Waals surface area contributed by atoms with Crippen molar-refractivity contribution in [2.45, 2.75) is 20.3 Å². The summed E-state index contributed by atoms with van der Waals surface area (Å²) in [5, 5.41) is 2.84. The van der Waals surface area contributed by atoms with Gasteiger partial charge in [-0.05, 0) is 25.5 Å². The number of piperazine rings is 1. The molecule has 0 unspecified atom stereocenters. The minimum atomic E-state index is -0.357. The monoisotopic (exact) mass is 361 g/mol. The van der Waals surface area contributed by atoms with Gasteiger partial charge < -0.3 is 10.2 Å². The van der Waals surface area contributed by atoms with Crippen LogP contribution in [0.25, 0.3) is 0 Å². The summed E-state index contributed by atoms with van der Waals surface area (Å²) in [4.78, 5) is 39.5. The zero-order chi connectivity index (χ0) is 18.9. The van der Waals surface area contributed by atoms with E-state index in [1.54, 1.807) is 17.0 Å². The Morgan fingerprint density at radius 3 is 2.27 bits per heavy atom. The molecule has 4 amide bonds. The third-order valence-corrected chi connectivity index (χ3v) is 4.20. The van der Waals surface area contributed by atoms with E-state index in [4.69, 9.17) is 0 Å². The highest BCUT2D eigenvalue weighted by Crippen LogP contribution is 2.03. The van der Waals surface area contributed by atoms with Crippen molar-refractivity contribution in [1.29, 1.82) is 0 Å². The van der Waals surface area contributed by atoms with Gasteiger partial charge in [-0.15, -0.1) is 0 Å². The largest absolute Gasteiger partial charge is 0.355 e. The number of nitrogens with zero attached hydrogens (tertiary/aromatic N) is 2. The average molecular weight is 361 g/mol. The van der Waals surface area contributed by atoms with Crippen molar-refractivity contribution in [3.8, 4) is 0 Å². The Balaban J connectivity index is 1.70. The SMILES string of the molecule is CCCNC(=O)CN1CCN(C(=O)NNC(=O)c2ccc(C)cc2)CC1. The van der Waals surface area contributed by atoms with Crippen molar-refractivity contribution in [1.82, 2.24) is 26.0 Å². The second-order valence-corrected chi connectivity index (χ2v) is 6.36. The molecule has 1 saturated heterocycles. The minimum Gasteiger partial charge on any atom is -0.355 e. The Morgan fingerprint density at radius 2 is 1.65 bits per heavy atom. The summed E-state index contributed by atoms with van der Waals surface area (Å²) < 4.78 is 0. The van der Waals surface area contributed by atoms with Gasteiger partial charge in [0.2, 0.25) is 5.91 Å².